The Morgan fingerprint density at radius 2 is 1.94 bits per heavy atom. The van der Waals surface area contributed by atoms with Crippen LogP contribution in [-0.2, 0) is 9.47 Å². The van der Waals surface area contributed by atoms with Gasteiger partial charge in [0, 0.05) is 24.7 Å². The molecule has 1 aromatic heterocycles. The van der Waals surface area contributed by atoms with Gasteiger partial charge in [-0.3, -0.25) is 20.2 Å². The highest BCUT2D eigenvalue weighted by Crippen LogP contribution is 2.31. The lowest BCUT2D eigenvalue weighted by atomic mass is 10.1. The molecule has 1 amide bonds. The first-order chi connectivity index (χ1) is 15.0. The normalized spacial score (nSPS) is 13.8. The molecular weight excluding hydrogens is 424 g/mol. The van der Waals surface area contributed by atoms with E-state index in [1.807, 2.05) is 4.90 Å². The fourth-order valence-corrected chi connectivity index (χ4v) is 4.17. The number of nitrogens with zero attached hydrogens (tertiary/aromatic N) is 3. The Hall–Kier alpha value is -3.57. The number of aromatic nitrogens is 1. The Labute approximate surface area is 180 Å². The number of thiazole rings is 1. The van der Waals surface area contributed by atoms with Gasteiger partial charge in [-0.05, 0) is 30.3 Å². The number of nitro benzene ring substituents is 1. The lowest BCUT2D eigenvalue weighted by molar-refractivity contribution is -0.384. The van der Waals surface area contributed by atoms with Crippen LogP contribution in [0.25, 0.3) is 10.2 Å². The van der Waals surface area contributed by atoms with Crippen molar-refractivity contribution in [2.24, 2.45) is 0 Å². The summed E-state index contributed by atoms with van der Waals surface area (Å²) in [5.41, 5.74) is 1.47. The van der Waals surface area contributed by atoms with E-state index in [0.717, 1.165) is 0 Å². The highest BCUT2D eigenvalue weighted by Gasteiger charge is 2.23. The molecule has 1 aliphatic rings. The van der Waals surface area contributed by atoms with Crippen molar-refractivity contribution in [3.05, 3.63) is 57.6 Å². The van der Waals surface area contributed by atoms with E-state index in [4.69, 9.17) is 9.47 Å². The van der Waals surface area contributed by atoms with Gasteiger partial charge < -0.3 is 14.4 Å². The number of benzene rings is 2. The zero-order valence-corrected chi connectivity index (χ0v) is 17.3. The number of esters is 1. The molecule has 0 saturated carbocycles. The molecular formula is C20H18N4O6S. The fraction of sp³-hybridized carbons (Fsp3) is 0.250. The predicted molar refractivity (Wildman–Crippen MR) is 115 cm³/mol. The number of ether oxygens (including phenoxy) is 2. The van der Waals surface area contributed by atoms with E-state index in [-0.39, 0.29) is 11.3 Å². The van der Waals surface area contributed by atoms with Gasteiger partial charge in [0.15, 0.2) is 5.13 Å². The molecule has 4 rings (SSSR count). The molecule has 1 fully saturated rings. The molecule has 31 heavy (non-hydrogen) atoms. The molecule has 0 atom stereocenters. The van der Waals surface area contributed by atoms with E-state index in [0.29, 0.717) is 52.9 Å². The molecule has 1 saturated heterocycles. The highest BCUT2D eigenvalue weighted by molar-refractivity contribution is 7.22. The third kappa shape index (κ3) is 4.32. The van der Waals surface area contributed by atoms with Crippen molar-refractivity contribution in [2.45, 2.75) is 0 Å². The van der Waals surface area contributed by atoms with E-state index >= 15 is 0 Å². The summed E-state index contributed by atoms with van der Waals surface area (Å²) in [6.07, 6.45) is 0. The van der Waals surface area contributed by atoms with Gasteiger partial charge in [-0.25, -0.2) is 9.78 Å². The first-order valence-corrected chi connectivity index (χ1v) is 10.2. The lowest BCUT2D eigenvalue weighted by Gasteiger charge is -2.28. The topological polar surface area (TPSA) is 124 Å². The van der Waals surface area contributed by atoms with Gasteiger partial charge in [-0.1, -0.05) is 11.3 Å². The molecule has 3 aromatic rings. The van der Waals surface area contributed by atoms with Gasteiger partial charge in [0.2, 0.25) is 0 Å². The van der Waals surface area contributed by atoms with Crippen molar-refractivity contribution in [1.82, 2.24) is 4.98 Å². The molecule has 11 heteroatoms. The summed E-state index contributed by atoms with van der Waals surface area (Å²) in [6, 6.07) is 9.29. The summed E-state index contributed by atoms with van der Waals surface area (Å²) in [6.45, 7) is 2.08. The SMILES string of the molecule is COC(=O)c1ccc2nc(NC(=O)c3ccc(N4CCOCC4)c([N+](=O)[O-])c3)sc2c1. The second-order valence-corrected chi connectivity index (χ2v) is 7.74. The summed E-state index contributed by atoms with van der Waals surface area (Å²) in [5, 5.41) is 14.6. The minimum absolute atomic E-state index is 0.137. The number of fused-ring (bicyclic) bond motifs is 1. The monoisotopic (exact) mass is 442 g/mol. The van der Waals surface area contributed by atoms with Gasteiger partial charge in [0.25, 0.3) is 11.6 Å². The van der Waals surface area contributed by atoms with Crippen LogP contribution in [0, 0.1) is 10.1 Å². The largest absolute Gasteiger partial charge is 0.465 e. The lowest BCUT2D eigenvalue weighted by Crippen LogP contribution is -2.36. The molecule has 0 spiro atoms. The van der Waals surface area contributed by atoms with Gasteiger partial charge >= 0.3 is 5.97 Å². The smallest absolute Gasteiger partial charge is 0.337 e. The predicted octanol–water partition coefficient (Wildman–Crippen LogP) is 3.08. The molecule has 0 unspecified atom stereocenters. The number of methoxy groups -OCH3 is 1. The maximum atomic E-state index is 12.7. The molecule has 1 N–H and O–H groups in total. The Balaban J connectivity index is 1.57. The minimum Gasteiger partial charge on any atom is -0.465 e. The average molecular weight is 442 g/mol. The van der Waals surface area contributed by atoms with Gasteiger partial charge in [0.05, 0.1) is 41.0 Å². The Morgan fingerprint density at radius 1 is 1.19 bits per heavy atom. The van der Waals surface area contributed by atoms with Crippen molar-refractivity contribution < 1.29 is 24.0 Å². The zero-order chi connectivity index (χ0) is 22.0. The van der Waals surface area contributed by atoms with Crippen LogP contribution in [0.4, 0.5) is 16.5 Å². The highest BCUT2D eigenvalue weighted by atomic mass is 32.1. The number of carbonyl (C=O) groups excluding carboxylic acids is 2. The van der Waals surface area contributed by atoms with E-state index in [1.165, 1.54) is 24.5 Å². The third-order valence-corrected chi connectivity index (χ3v) is 5.75. The van der Waals surface area contributed by atoms with Crippen LogP contribution in [0.2, 0.25) is 0 Å². The second-order valence-electron chi connectivity index (χ2n) is 6.71. The van der Waals surface area contributed by atoms with E-state index in [1.54, 1.807) is 30.3 Å². The Bertz CT molecular complexity index is 1170. The van der Waals surface area contributed by atoms with E-state index in [9.17, 15) is 19.7 Å². The zero-order valence-electron chi connectivity index (χ0n) is 16.5. The summed E-state index contributed by atoms with van der Waals surface area (Å²) < 4.78 is 10.7. The maximum absolute atomic E-state index is 12.7. The number of rotatable bonds is 5. The van der Waals surface area contributed by atoms with Crippen molar-refractivity contribution in [2.75, 3.05) is 43.6 Å². The number of carbonyl (C=O) groups is 2. The Morgan fingerprint density at radius 3 is 2.65 bits per heavy atom. The number of hydrogen-bond donors (Lipinski definition) is 1. The summed E-state index contributed by atoms with van der Waals surface area (Å²) >= 11 is 1.19. The number of anilines is 2. The third-order valence-electron chi connectivity index (χ3n) is 4.82. The average Bonchev–Trinajstić information content (AvgIpc) is 3.20. The van der Waals surface area contributed by atoms with E-state index in [2.05, 4.69) is 10.3 Å². The van der Waals surface area contributed by atoms with Crippen LogP contribution in [0.15, 0.2) is 36.4 Å². The molecule has 160 valence electrons. The molecule has 0 radical (unpaired) electrons. The number of amides is 1. The minimum atomic E-state index is -0.510. The van der Waals surface area contributed by atoms with Gasteiger partial charge in [-0.15, -0.1) is 0 Å². The number of hydrogen-bond acceptors (Lipinski definition) is 9. The number of nitrogens with one attached hydrogen (secondary N) is 1. The molecule has 0 aliphatic carbocycles. The van der Waals surface area contributed by atoms with Crippen LogP contribution >= 0.6 is 11.3 Å². The molecule has 2 aromatic carbocycles. The van der Waals surface area contributed by atoms with Crippen molar-refractivity contribution in [1.29, 1.82) is 0 Å². The summed E-state index contributed by atoms with van der Waals surface area (Å²) in [5.74, 6) is -0.975. The van der Waals surface area contributed by atoms with Crippen LogP contribution < -0.4 is 10.2 Å². The van der Waals surface area contributed by atoms with Crippen molar-refractivity contribution in [3.63, 3.8) is 0 Å². The number of nitro groups is 1. The van der Waals surface area contributed by atoms with Crippen LogP contribution in [-0.4, -0.2) is 55.2 Å². The van der Waals surface area contributed by atoms with Gasteiger partial charge in [0.1, 0.15) is 5.69 Å². The van der Waals surface area contributed by atoms with Crippen LogP contribution in [0.3, 0.4) is 0 Å². The Kier molecular flexibility index (Phi) is 5.78. The number of morpholine rings is 1. The second kappa shape index (κ2) is 8.66. The quantitative estimate of drug-likeness (QED) is 0.363. The summed E-state index contributed by atoms with van der Waals surface area (Å²) in [7, 11) is 1.30. The van der Waals surface area contributed by atoms with Gasteiger partial charge in [-0.2, -0.15) is 0 Å². The first-order valence-electron chi connectivity index (χ1n) is 9.37. The molecule has 1 aliphatic heterocycles. The van der Waals surface area contributed by atoms with Crippen LogP contribution in [0.5, 0.6) is 0 Å². The first kappa shape index (κ1) is 20.7. The maximum Gasteiger partial charge on any atom is 0.337 e. The van der Waals surface area contributed by atoms with E-state index < -0.39 is 16.8 Å². The summed E-state index contributed by atoms with van der Waals surface area (Å²) in [4.78, 5) is 41.7. The fourth-order valence-electron chi connectivity index (χ4n) is 3.27. The van der Waals surface area contributed by atoms with Crippen molar-refractivity contribution >= 4 is 49.9 Å². The molecule has 0 bridgehead atoms. The van der Waals surface area contributed by atoms with Crippen molar-refractivity contribution in [3.8, 4) is 0 Å². The molecule has 10 nitrogen and oxygen atoms in total. The van der Waals surface area contributed by atoms with Crippen LogP contribution in [0.1, 0.15) is 20.7 Å². The standard InChI is InChI=1S/C20H18N4O6S/c1-29-19(26)13-2-4-14-17(11-13)31-20(21-14)22-18(25)12-3-5-15(16(10-12)24(27)28)23-6-8-30-9-7-23/h2-5,10-11H,6-9H2,1H3,(H,21,22,25). The molecule has 2 heterocycles.